The van der Waals surface area contributed by atoms with Gasteiger partial charge in [0.1, 0.15) is 11.9 Å². The molecule has 0 radical (unpaired) electrons. The van der Waals surface area contributed by atoms with Crippen molar-refractivity contribution in [1.29, 1.82) is 0 Å². The van der Waals surface area contributed by atoms with Gasteiger partial charge >= 0.3 is 0 Å². The van der Waals surface area contributed by atoms with Crippen LogP contribution in [-0.4, -0.2) is 85.7 Å². The SMILES string of the molecule is CCC(C)C(=O)C(=O)N1CCC(Oc2cccc(C(=O)N(C)CCN(C)C)c2)CC1. The Hall–Kier alpha value is -2.41. The Kier molecular flexibility index (Phi) is 8.84. The van der Waals surface area contributed by atoms with E-state index >= 15 is 0 Å². The van der Waals surface area contributed by atoms with Crippen molar-refractivity contribution in [3.05, 3.63) is 29.8 Å². The molecule has 2 rings (SSSR count). The fourth-order valence-electron chi connectivity index (χ4n) is 3.30. The number of hydrogen-bond donors (Lipinski definition) is 0. The predicted molar refractivity (Wildman–Crippen MR) is 117 cm³/mol. The van der Waals surface area contributed by atoms with Crippen LogP contribution in [0.1, 0.15) is 43.5 Å². The van der Waals surface area contributed by atoms with Crippen molar-refractivity contribution in [2.45, 2.75) is 39.2 Å². The van der Waals surface area contributed by atoms with Crippen molar-refractivity contribution in [2.75, 3.05) is 47.3 Å². The Labute approximate surface area is 180 Å². The number of piperidine rings is 1. The molecular weight excluding hydrogens is 382 g/mol. The highest BCUT2D eigenvalue weighted by Gasteiger charge is 2.29. The van der Waals surface area contributed by atoms with E-state index in [1.807, 2.05) is 38.1 Å². The maximum absolute atomic E-state index is 12.6. The first-order valence-electron chi connectivity index (χ1n) is 10.7. The Bertz CT molecular complexity index is 742. The number of ether oxygens (including phenoxy) is 1. The maximum Gasteiger partial charge on any atom is 0.290 e. The van der Waals surface area contributed by atoms with Crippen LogP contribution >= 0.6 is 0 Å². The first kappa shape index (κ1) is 23.9. The zero-order valence-electron chi connectivity index (χ0n) is 18.9. The summed E-state index contributed by atoms with van der Waals surface area (Å²) in [6.07, 6.45) is 1.97. The maximum atomic E-state index is 12.6. The number of nitrogens with zero attached hydrogens (tertiary/aromatic N) is 3. The lowest BCUT2D eigenvalue weighted by Gasteiger charge is -2.32. The van der Waals surface area contributed by atoms with Crippen LogP contribution in [0.5, 0.6) is 5.75 Å². The van der Waals surface area contributed by atoms with Gasteiger partial charge in [-0.05, 0) is 38.7 Å². The third-order valence-corrected chi connectivity index (χ3v) is 5.61. The summed E-state index contributed by atoms with van der Waals surface area (Å²) in [6, 6.07) is 7.24. The molecule has 0 aliphatic carbocycles. The lowest BCUT2D eigenvalue weighted by atomic mass is 10.0. The van der Waals surface area contributed by atoms with Crippen molar-refractivity contribution in [3.8, 4) is 5.75 Å². The molecule has 1 aliphatic heterocycles. The van der Waals surface area contributed by atoms with Gasteiger partial charge in [-0.1, -0.05) is 19.9 Å². The third kappa shape index (κ3) is 6.55. The number of Topliss-reactive ketones (excluding diaryl/α,β-unsaturated/α-hetero) is 1. The van der Waals surface area contributed by atoms with E-state index in [9.17, 15) is 14.4 Å². The summed E-state index contributed by atoms with van der Waals surface area (Å²) in [5, 5.41) is 0. The highest BCUT2D eigenvalue weighted by atomic mass is 16.5. The monoisotopic (exact) mass is 417 g/mol. The Morgan fingerprint density at radius 3 is 2.40 bits per heavy atom. The molecule has 1 aliphatic rings. The van der Waals surface area contributed by atoms with Crippen LogP contribution in [0.4, 0.5) is 0 Å². The van der Waals surface area contributed by atoms with Gasteiger partial charge in [0.2, 0.25) is 5.78 Å². The number of hydrogen-bond acceptors (Lipinski definition) is 5. The van der Waals surface area contributed by atoms with Gasteiger partial charge in [0.25, 0.3) is 11.8 Å². The number of likely N-dealkylation sites (tertiary alicyclic amines) is 1. The lowest BCUT2D eigenvalue weighted by molar-refractivity contribution is -0.147. The summed E-state index contributed by atoms with van der Waals surface area (Å²) in [7, 11) is 5.75. The number of benzene rings is 1. The molecule has 7 heteroatoms. The molecule has 1 atom stereocenters. The molecule has 2 amide bonds. The second-order valence-corrected chi connectivity index (χ2v) is 8.34. The van der Waals surface area contributed by atoms with Crippen molar-refractivity contribution in [2.24, 2.45) is 5.92 Å². The minimum Gasteiger partial charge on any atom is -0.490 e. The fourth-order valence-corrected chi connectivity index (χ4v) is 3.30. The molecule has 0 saturated carbocycles. The Morgan fingerprint density at radius 1 is 1.13 bits per heavy atom. The van der Waals surface area contributed by atoms with Crippen LogP contribution in [-0.2, 0) is 9.59 Å². The van der Waals surface area contributed by atoms with E-state index in [1.165, 1.54) is 0 Å². The average molecular weight is 418 g/mol. The van der Waals surface area contributed by atoms with E-state index < -0.39 is 0 Å². The van der Waals surface area contributed by atoms with E-state index in [4.69, 9.17) is 4.74 Å². The van der Waals surface area contributed by atoms with Crippen LogP contribution in [0, 0.1) is 5.92 Å². The number of carbonyl (C=O) groups is 3. The number of amides is 2. The molecule has 0 bridgehead atoms. The van der Waals surface area contributed by atoms with Crippen molar-refractivity contribution in [1.82, 2.24) is 14.7 Å². The first-order valence-corrected chi connectivity index (χ1v) is 10.7. The van der Waals surface area contributed by atoms with Crippen molar-refractivity contribution >= 4 is 17.6 Å². The molecule has 1 aromatic carbocycles. The minimum absolute atomic E-state index is 0.0359. The Balaban J connectivity index is 1.90. The number of ketones is 1. The van der Waals surface area contributed by atoms with Crippen LogP contribution in [0.25, 0.3) is 0 Å². The molecule has 1 aromatic rings. The van der Waals surface area contributed by atoms with E-state index in [2.05, 4.69) is 0 Å². The van der Waals surface area contributed by atoms with Crippen LogP contribution in [0.2, 0.25) is 0 Å². The van der Waals surface area contributed by atoms with Gasteiger partial charge in [-0.25, -0.2) is 0 Å². The second-order valence-electron chi connectivity index (χ2n) is 8.34. The molecule has 30 heavy (non-hydrogen) atoms. The first-order chi connectivity index (χ1) is 14.2. The molecule has 1 heterocycles. The molecule has 0 spiro atoms. The summed E-state index contributed by atoms with van der Waals surface area (Å²) in [5.74, 6) is -0.297. The van der Waals surface area contributed by atoms with Gasteiger partial charge in [0.05, 0.1) is 0 Å². The summed E-state index contributed by atoms with van der Waals surface area (Å²) >= 11 is 0. The summed E-state index contributed by atoms with van der Waals surface area (Å²) in [4.78, 5) is 42.5. The molecule has 1 saturated heterocycles. The molecule has 0 N–H and O–H groups in total. The van der Waals surface area contributed by atoms with Gasteiger partial charge in [-0.15, -0.1) is 0 Å². The van der Waals surface area contributed by atoms with E-state index in [1.54, 1.807) is 35.9 Å². The van der Waals surface area contributed by atoms with Crippen molar-refractivity contribution in [3.63, 3.8) is 0 Å². The van der Waals surface area contributed by atoms with Gasteiger partial charge in [-0.2, -0.15) is 0 Å². The average Bonchev–Trinajstić information content (AvgIpc) is 2.76. The highest BCUT2D eigenvalue weighted by molar-refractivity contribution is 6.36. The zero-order chi connectivity index (χ0) is 22.3. The lowest BCUT2D eigenvalue weighted by Crippen LogP contribution is -2.45. The minimum atomic E-state index is -0.379. The number of likely N-dealkylation sites (N-methyl/N-ethyl adjacent to an activating group) is 2. The third-order valence-electron chi connectivity index (χ3n) is 5.61. The highest BCUT2D eigenvalue weighted by Crippen LogP contribution is 2.21. The molecule has 7 nitrogen and oxygen atoms in total. The molecule has 1 unspecified atom stereocenters. The van der Waals surface area contributed by atoms with Crippen LogP contribution < -0.4 is 4.74 Å². The summed E-state index contributed by atoms with van der Waals surface area (Å²) in [5.41, 5.74) is 0.598. The topological polar surface area (TPSA) is 70.2 Å². The molecule has 1 fully saturated rings. The zero-order valence-corrected chi connectivity index (χ0v) is 18.9. The van der Waals surface area contributed by atoms with Crippen LogP contribution in [0.15, 0.2) is 24.3 Å². The predicted octanol–water partition coefficient (Wildman–Crippen LogP) is 2.31. The number of carbonyl (C=O) groups excluding carboxylic acids is 3. The Morgan fingerprint density at radius 2 is 1.80 bits per heavy atom. The smallest absolute Gasteiger partial charge is 0.290 e. The normalized spacial score (nSPS) is 15.7. The quantitative estimate of drug-likeness (QED) is 0.577. The largest absolute Gasteiger partial charge is 0.490 e. The van der Waals surface area contributed by atoms with E-state index in [-0.39, 0.29) is 29.6 Å². The van der Waals surface area contributed by atoms with E-state index in [0.717, 1.165) is 6.54 Å². The van der Waals surface area contributed by atoms with Gasteiger partial charge in [-0.3, -0.25) is 14.4 Å². The molecule has 0 aromatic heterocycles. The number of rotatable bonds is 9. The summed E-state index contributed by atoms with van der Waals surface area (Å²) < 4.78 is 6.08. The molecule has 166 valence electrons. The van der Waals surface area contributed by atoms with E-state index in [0.29, 0.717) is 50.2 Å². The van der Waals surface area contributed by atoms with Gasteiger partial charge < -0.3 is 19.4 Å². The van der Waals surface area contributed by atoms with Crippen LogP contribution in [0.3, 0.4) is 0 Å². The second kappa shape index (κ2) is 11.1. The molecular formula is C23H35N3O4. The standard InChI is InChI=1S/C23H35N3O4/c1-6-17(2)21(27)23(29)26-12-10-19(11-13-26)30-20-9-7-8-18(16-20)22(28)25(5)15-14-24(3)4/h7-9,16-17,19H,6,10-15H2,1-5H3. The van der Waals surface area contributed by atoms with Crippen molar-refractivity contribution < 1.29 is 19.1 Å². The van der Waals surface area contributed by atoms with Gasteiger partial charge in [0.15, 0.2) is 0 Å². The summed E-state index contributed by atoms with van der Waals surface area (Å²) in [6.45, 7) is 6.18. The fraction of sp³-hybridized carbons (Fsp3) is 0.609. The van der Waals surface area contributed by atoms with Gasteiger partial charge in [0, 0.05) is 57.5 Å².